The standard InChI is InChI=1S/C19H22N2S/c1-12(20-2)10-13-11-16-18(22-13)9-8-15-14-6-4-5-7-17(14)21(3)19(15)16/h4-7,11-12,20H,8-10H2,1-3H3. The van der Waals surface area contributed by atoms with Crippen molar-refractivity contribution in [1.82, 2.24) is 9.88 Å². The summed E-state index contributed by atoms with van der Waals surface area (Å²) in [6.07, 6.45) is 3.48. The van der Waals surface area contributed by atoms with Gasteiger partial charge in [0.15, 0.2) is 0 Å². The maximum atomic E-state index is 3.35. The van der Waals surface area contributed by atoms with Crippen LogP contribution in [0.1, 0.15) is 22.2 Å². The molecule has 1 N–H and O–H groups in total. The number of nitrogens with one attached hydrogen (secondary N) is 1. The van der Waals surface area contributed by atoms with Crippen molar-refractivity contribution >= 4 is 22.2 Å². The molecule has 1 aliphatic carbocycles. The monoisotopic (exact) mass is 310 g/mol. The first kappa shape index (κ1) is 14.0. The van der Waals surface area contributed by atoms with Crippen molar-refractivity contribution in [2.45, 2.75) is 32.2 Å². The Balaban J connectivity index is 1.87. The Kier molecular flexibility index (Phi) is 3.35. The number of aromatic nitrogens is 1. The van der Waals surface area contributed by atoms with Crippen molar-refractivity contribution < 1.29 is 0 Å². The van der Waals surface area contributed by atoms with Gasteiger partial charge in [-0.2, -0.15) is 0 Å². The molecule has 2 heterocycles. The van der Waals surface area contributed by atoms with Crippen LogP contribution >= 0.6 is 11.3 Å². The van der Waals surface area contributed by atoms with E-state index in [1.54, 1.807) is 4.88 Å². The number of nitrogens with zero attached hydrogens (tertiary/aromatic N) is 1. The third-order valence-corrected chi connectivity index (χ3v) is 6.15. The molecular weight excluding hydrogens is 288 g/mol. The summed E-state index contributed by atoms with van der Waals surface area (Å²) >= 11 is 2.01. The van der Waals surface area contributed by atoms with Gasteiger partial charge in [-0.05, 0) is 50.9 Å². The van der Waals surface area contributed by atoms with Gasteiger partial charge in [-0.15, -0.1) is 11.3 Å². The molecule has 1 aromatic carbocycles. The lowest BCUT2D eigenvalue weighted by Gasteiger charge is -2.14. The van der Waals surface area contributed by atoms with E-state index in [4.69, 9.17) is 0 Å². The Morgan fingerprint density at radius 1 is 1.27 bits per heavy atom. The van der Waals surface area contributed by atoms with E-state index in [2.05, 4.69) is 54.2 Å². The number of rotatable bonds is 3. The van der Waals surface area contributed by atoms with Crippen molar-refractivity contribution in [2.75, 3.05) is 7.05 Å². The fraction of sp³-hybridized carbons (Fsp3) is 0.368. The van der Waals surface area contributed by atoms with Gasteiger partial charge in [-0.1, -0.05) is 18.2 Å². The minimum atomic E-state index is 0.534. The Bertz CT molecular complexity index is 841. The third-order valence-electron chi connectivity index (χ3n) is 4.93. The van der Waals surface area contributed by atoms with E-state index in [1.807, 2.05) is 18.4 Å². The Morgan fingerprint density at radius 2 is 2.09 bits per heavy atom. The average molecular weight is 310 g/mol. The zero-order chi connectivity index (χ0) is 15.3. The quantitative estimate of drug-likeness (QED) is 0.769. The zero-order valence-corrected chi connectivity index (χ0v) is 14.3. The number of para-hydroxylation sites is 1. The van der Waals surface area contributed by atoms with Gasteiger partial charge in [0, 0.05) is 39.3 Å². The predicted octanol–water partition coefficient (Wildman–Crippen LogP) is 4.16. The topological polar surface area (TPSA) is 17.0 Å². The van der Waals surface area contributed by atoms with Crippen molar-refractivity contribution in [3.63, 3.8) is 0 Å². The maximum Gasteiger partial charge on any atom is 0.0532 e. The fourth-order valence-corrected chi connectivity index (χ4v) is 4.98. The molecule has 1 atom stereocenters. The van der Waals surface area contributed by atoms with Crippen LogP contribution in [0.3, 0.4) is 0 Å². The molecule has 4 rings (SSSR count). The molecule has 0 radical (unpaired) electrons. The highest BCUT2D eigenvalue weighted by Gasteiger charge is 2.25. The molecule has 114 valence electrons. The van der Waals surface area contributed by atoms with Crippen LogP contribution in [0, 0.1) is 0 Å². The normalized spacial score (nSPS) is 14.9. The second-order valence-electron chi connectivity index (χ2n) is 6.35. The molecule has 0 bridgehead atoms. The smallest absolute Gasteiger partial charge is 0.0532 e. The first-order valence-electron chi connectivity index (χ1n) is 8.04. The summed E-state index contributed by atoms with van der Waals surface area (Å²) in [5, 5.41) is 4.78. The van der Waals surface area contributed by atoms with Gasteiger partial charge in [0.25, 0.3) is 0 Å². The molecule has 0 fully saturated rings. The summed E-state index contributed by atoms with van der Waals surface area (Å²) < 4.78 is 2.39. The molecule has 1 aliphatic rings. The SMILES string of the molecule is CNC(C)Cc1cc2c(s1)CCc1c-2n(C)c2ccccc12. The van der Waals surface area contributed by atoms with E-state index < -0.39 is 0 Å². The zero-order valence-electron chi connectivity index (χ0n) is 13.4. The van der Waals surface area contributed by atoms with Crippen LogP contribution in [0.5, 0.6) is 0 Å². The lowest BCUT2D eigenvalue weighted by molar-refractivity contribution is 0.613. The van der Waals surface area contributed by atoms with Crippen molar-refractivity contribution in [3.8, 4) is 11.3 Å². The molecular formula is C19H22N2S. The number of benzene rings is 1. The summed E-state index contributed by atoms with van der Waals surface area (Å²) in [4.78, 5) is 3.07. The van der Waals surface area contributed by atoms with E-state index in [0.29, 0.717) is 6.04 Å². The van der Waals surface area contributed by atoms with Gasteiger partial charge >= 0.3 is 0 Å². The molecule has 2 aromatic heterocycles. The highest BCUT2D eigenvalue weighted by Crippen LogP contribution is 2.43. The Morgan fingerprint density at radius 3 is 2.91 bits per heavy atom. The number of aryl methyl sites for hydroxylation is 3. The number of fused-ring (bicyclic) bond motifs is 5. The van der Waals surface area contributed by atoms with Crippen LogP contribution in [0.2, 0.25) is 0 Å². The average Bonchev–Trinajstić information content (AvgIpc) is 3.06. The second kappa shape index (κ2) is 5.25. The van der Waals surface area contributed by atoms with Crippen LogP contribution in [-0.2, 0) is 26.3 Å². The van der Waals surface area contributed by atoms with E-state index in [9.17, 15) is 0 Å². The third kappa shape index (κ3) is 2.03. The number of hydrogen-bond donors (Lipinski definition) is 1. The summed E-state index contributed by atoms with van der Waals surface area (Å²) in [6.45, 7) is 2.25. The lowest BCUT2D eigenvalue weighted by atomic mass is 9.94. The van der Waals surface area contributed by atoms with Crippen LogP contribution in [-0.4, -0.2) is 17.7 Å². The second-order valence-corrected chi connectivity index (χ2v) is 7.57. The van der Waals surface area contributed by atoms with Crippen LogP contribution in [0.15, 0.2) is 30.3 Å². The van der Waals surface area contributed by atoms with Gasteiger partial charge in [-0.3, -0.25) is 0 Å². The lowest BCUT2D eigenvalue weighted by Crippen LogP contribution is -2.22. The van der Waals surface area contributed by atoms with Gasteiger partial charge < -0.3 is 9.88 Å². The van der Waals surface area contributed by atoms with Gasteiger partial charge in [-0.25, -0.2) is 0 Å². The van der Waals surface area contributed by atoms with Crippen LogP contribution < -0.4 is 5.32 Å². The van der Waals surface area contributed by atoms with E-state index in [-0.39, 0.29) is 0 Å². The highest BCUT2D eigenvalue weighted by molar-refractivity contribution is 7.12. The fourth-order valence-electron chi connectivity index (χ4n) is 3.68. The number of likely N-dealkylation sites (N-methyl/N-ethyl adjacent to an activating group) is 1. The molecule has 0 amide bonds. The number of thiophene rings is 1. The van der Waals surface area contributed by atoms with E-state index in [0.717, 1.165) is 6.42 Å². The van der Waals surface area contributed by atoms with Crippen molar-refractivity contribution in [2.24, 2.45) is 7.05 Å². The number of hydrogen-bond acceptors (Lipinski definition) is 2. The molecule has 0 saturated heterocycles. The van der Waals surface area contributed by atoms with Crippen LogP contribution in [0.4, 0.5) is 0 Å². The first-order chi connectivity index (χ1) is 10.7. The largest absolute Gasteiger partial charge is 0.343 e. The summed E-state index contributed by atoms with van der Waals surface area (Å²) in [5.74, 6) is 0. The van der Waals surface area contributed by atoms with Gasteiger partial charge in [0.1, 0.15) is 0 Å². The minimum absolute atomic E-state index is 0.534. The maximum absolute atomic E-state index is 3.35. The Hall–Kier alpha value is -1.58. The summed E-state index contributed by atoms with van der Waals surface area (Å²) in [5.41, 5.74) is 5.82. The molecule has 2 nitrogen and oxygen atoms in total. The molecule has 22 heavy (non-hydrogen) atoms. The predicted molar refractivity (Wildman–Crippen MR) is 95.9 cm³/mol. The van der Waals surface area contributed by atoms with Crippen LogP contribution in [0.25, 0.3) is 22.2 Å². The summed E-state index contributed by atoms with van der Waals surface area (Å²) in [7, 11) is 4.25. The van der Waals surface area contributed by atoms with E-state index >= 15 is 0 Å². The summed E-state index contributed by atoms with van der Waals surface area (Å²) in [6, 6.07) is 11.8. The molecule has 3 heteroatoms. The van der Waals surface area contributed by atoms with Gasteiger partial charge in [0.2, 0.25) is 0 Å². The van der Waals surface area contributed by atoms with Crippen molar-refractivity contribution in [3.05, 3.63) is 45.6 Å². The minimum Gasteiger partial charge on any atom is -0.343 e. The molecule has 1 unspecified atom stereocenters. The molecule has 0 aliphatic heterocycles. The molecule has 3 aromatic rings. The molecule has 0 spiro atoms. The Labute approximate surface area is 135 Å². The van der Waals surface area contributed by atoms with E-state index in [1.165, 1.54) is 45.4 Å². The van der Waals surface area contributed by atoms with Crippen molar-refractivity contribution in [1.29, 1.82) is 0 Å². The first-order valence-corrected chi connectivity index (χ1v) is 8.86. The highest BCUT2D eigenvalue weighted by atomic mass is 32.1. The van der Waals surface area contributed by atoms with Gasteiger partial charge in [0.05, 0.1) is 5.69 Å². The molecule has 0 saturated carbocycles.